The highest BCUT2D eigenvalue weighted by molar-refractivity contribution is 5.90. The highest BCUT2D eigenvalue weighted by atomic mass is 16.2. The highest BCUT2D eigenvalue weighted by Crippen LogP contribution is 2.34. The second-order valence-corrected chi connectivity index (χ2v) is 5.07. The summed E-state index contributed by atoms with van der Waals surface area (Å²) in [6.07, 6.45) is 3.28. The van der Waals surface area contributed by atoms with Gasteiger partial charge in [0.25, 0.3) is 0 Å². The molecular weight excluding hydrogens is 280 g/mol. The first kappa shape index (κ1) is 14.1. The number of nitriles is 1. The standard InChI is InChI=1S/C15H16N6O/c1-2-17-15(22)20-12-7-10(8-16)3-4-11(12)13-5-6-14-18-9-19-21(13)14/h3-4,7,9,13H,2,5-6H2,1H3,(H2,17,20,22). The van der Waals surface area contributed by atoms with Gasteiger partial charge in [-0.1, -0.05) is 6.07 Å². The van der Waals surface area contributed by atoms with Crippen molar-refractivity contribution in [1.29, 1.82) is 5.26 Å². The Morgan fingerprint density at radius 2 is 2.41 bits per heavy atom. The first-order chi connectivity index (χ1) is 10.7. The van der Waals surface area contributed by atoms with Gasteiger partial charge in [0.15, 0.2) is 0 Å². The van der Waals surface area contributed by atoms with Crippen molar-refractivity contribution in [1.82, 2.24) is 20.1 Å². The maximum absolute atomic E-state index is 11.8. The minimum atomic E-state index is -0.282. The van der Waals surface area contributed by atoms with Crippen LogP contribution in [0.5, 0.6) is 0 Å². The Labute approximate surface area is 128 Å². The van der Waals surface area contributed by atoms with Crippen molar-refractivity contribution in [2.45, 2.75) is 25.8 Å². The summed E-state index contributed by atoms with van der Waals surface area (Å²) in [5.41, 5.74) is 2.08. The lowest BCUT2D eigenvalue weighted by Crippen LogP contribution is -2.29. The second kappa shape index (κ2) is 5.85. The minimum absolute atomic E-state index is 0.0298. The van der Waals surface area contributed by atoms with Crippen molar-refractivity contribution in [3.05, 3.63) is 41.5 Å². The number of aryl methyl sites for hydroxylation is 1. The lowest BCUT2D eigenvalue weighted by Gasteiger charge is -2.17. The fourth-order valence-electron chi connectivity index (χ4n) is 2.74. The predicted molar refractivity (Wildman–Crippen MR) is 80.3 cm³/mol. The molecule has 0 spiro atoms. The second-order valence-electron chi connectivity index (χ2n) is 5.07. The van der Waals surface area contributed by atoms with Gasteiger partial charge in [-0.05, 0) is 25.5 Å². The summed E-state index contributed by atoms with van der Waals surface area (Å²) in [7, 11) is 0. The zero-order chi connectivity index (χ0) is 15.5. The van der Waals surface area contributed by atoms with Gasteiger partial charge in [-0.2, -0.15) is 10.4 Å². The Bertz CT molecular complexity index is 745. The van der Waals surface area contributed by atoms with Gasteiger partial charge < -0.3 is 10.6 Å². The van der Waals surface area contributed by atoms with E-state index in [2.05, 4.69) is 26.8 Å². The van der Waals surface area contributed by atoms with E-state index in [0.717, 1.165) is 24.2 Å². The Morgan fingerprint density at radius 3 is 3.18 bits per heavy atom. The van der Waals surface area contributed by atoms with E-state index < -0.39 is 0 Å². The summed E-state index contributed by atoms with van der Waals surface area (Å²) in [5.74, 6) is 0.943. The number of urea groups is 1. The first-order valence-electron chi connectivity index (χ1n) is 7.20. The number of hydrogen-bond acceptors (Lipinski definition) is 4. The van der Waals surface area contributed by atoms with E-state index in [-0.39, 0.29) is 12.1 Å². The van der Waals surface area contributed by atoms with Gasteiger partial charge >= 0.3 is 6.03 Å². The Kier molecular flexibility index (Phi) is 3.74. The third kappa shape index (κ3) is 2.51. The summed E-state index contributed by atoms with van der Waals surface area (Å²) >= 11 is 0. The van der Waals surface area contributed by atoms with E-state index >= 15 is 0 Å². The molecule has 1 aliphatic heterocycles. The van der Waals surface area contributed by atoms with Crippen LogP contribution in [0.15, 0.2) is 24.5 Å². The molecule has 22 heavy (non-hydrogen) atoms. The van der Waals surface area contributed by atoms with Crippen LogP contribution in [0.4, 0.5) is 10.5 Å². The first-order valence-corrected chi connectivity index (χ1v) is 7.20. The van der Waals surface area contributed by atoms with Crippen LogP contribution in [0, 0.1) is 11.3 Å². The number of benzene rings is 1. The van der Waals surface area contributed by atoms with Crippen molar-refractivity contribution in [2.75, 3.05) is 11.9 Å². The maximum Gasteiger partial charge on any atom is 0.319 e. The lowest BCUT2D eigenvalue weighted by molar-refractivity contribution is 0.252. The van der Waals surface area contributed by atoms with Crippen molar-refractivity contribution in [3.8, 4) is 6.07 Å². The van der Waals surface area contributed by atoms with Crippen molar-refractivity contribution in [2.24, 2.45) is 0 Å². The van der Waals surface area contributed by atoms with Crippen LogP contribution in [0.1, 0.15) is 36.3 Å². The third-order valence-electron chi connectivity index (χ3n) is 3.71. The average Bonchev–Trinajstić information content (AvgIpc) is 3.11. The highest BCUT2D eigenvalue weighted by Gasteiger charge is 2.27. The molecule has 112 valence electrons. The third-order valence-corrected chi connectivity index (χ3v) is 3.71. The molecule has 3 rings (SSSR count). The fourth-order valence-corrected chi connectivity index (χ4v) is 2.74. The molecule has 0 radical (unpaired) electrons. The molecule has 1 aliphatic rings. The number of anilines is 1. The quantitative estimate of drug-likeness (QED) is 0.903. The molecule has 2 heterocycles. The van der Waals surface area contributed by atoms with E-state index in [1.165, 1.54) is 0 Å². The zero-order valence-electron chi connectivity index (χ0n) is 12.2. The summed E-state index contributed by atoms with van der Waals surface area (Å²) in [4.78, 5) is 16.1. The monoisotopic (exact) mass is 296 g/mol. The number of rotatable bonds is 3. The molecule has 1 aromatic carbocycles. The topological polar surface area (TPSA) is 95.6 Å². The minimum Gasteiger partial charge on any atom is -0.338 e. The van der Waals surface area contributed by atoms with Gasteiger partial charge in [-0.3, -0.25) is 0 Å². The predicted octanol–water partition coefficient (Wildman–Crippen LogP) is 1.83. The van der Waals surface area contributed by atoms with Gasteiger partial charge in [-0.15, -0.1) is 0 Å². The molecule has 0 aliphatic carbocycles. The summed E-state index contributed by atoms with van der Waals surface area (Å²) in [6.45, 7) is 2.39. The molecule has 0 saturated heterocycles. The van der Waals surface area contributed by atoms with Crippen LogP contribution in [0.25, 0.3) is 0 Å². The Balaban J connectivity index is 1.97. The van der Waals surface area contributed by atoms with Gasteiger partial charge in [0.1, 0.15) is 12.2 Å². The van der Waals surface area contributed by atoms with E-state index in [1.807, 2.05) is 17.7 Å². The van der Waals surface area contributed by atoms with Crippen molar-refractivity contribution < 1.29 is 4.79 Å². The molecular formula is C15H16N6O. The zero-order valence-corrected chi connectivity index (χ0v) is 12.2. The molecule has 2 N–H and O–H groups in total. The van der Waals surface area contributed by atoms with Crippen LogP contribution in [-0.4, -0.2) is 27.3 Å². The number of nitrogens with zero attached hydrogens (tertiary/aromatic N) is 4. The molecule has 2 amide bonds. The molecule has 7 nitrogen and oxygen atoms in total. The molecule has 0 saturated carbocycles. The van der Waals surface area contributed by atoms with Crippen LogP contribution in [0.2, 0.25) is 0 Å². The number of amides is 2. The summed E-state index contributed by atoms with van der Waals surface area (Å²) in [5, 5.41) is 18.9. The van der Waals surface area contributed by atoms with Gasteiger partial charge in [-0.25, -0.2) is 14.5 Å². The van der Waals surface area contributed by atoms with Crippen LogP contribution < -0.4 is 10.6 Å². The number of carbonyl (C=O) groups excluding carboxylic acids is 1. The largest absolute Gasteiger partial charge is 0.338 e. The molecule has 7 heteroatoms. The molecule has 1 atom stereocenters. The molecule has 0 fully saturated rings. The number of aromatic nitrogens is 3. The Morgan fingerprint density at radius 1 is 1.55 bits per heavy atom. The SMILES string of the molecule is CCNC(=O)Nc1cc(C#N)ccc1C1CCc2ncnn21. The van der Waals surface area contributed by atoms with E-state index in [4.69, 9.17) is 5.26 Å². The van der Waals surface area contributed by atoms with Gasteiger partial charge in [0, 0.05) is 24.2 Å². The van der Waals surface area contributed by atoms with E-state index in [1.54, 1.807) is 18.5 Å². The molecule has 1 aromatic heterocycles. The molecule has 2 aromatic rings. The fraction of sp³-hybridized carbons (Fsp3) is 0.333. The van der Waals surface area contributed by atoms with Crippen LogP contribution in [0.3, 0.4) is 0 Å². The van der Waals surface area contributed by atoms with Gasteiger partial charge in [0.2, 0.25) is 0 Å². The number of fused-ring (bicyclic) bond motifs is 1. The summed E-state index contributed by atoms with van der Waals surface area (Å²) < 4.78 is 1.88. The molecule has 1 unspecified atom stereocenters. The number of hydrogen-bond donors (Lipinski definition) is 2. The van der Waals surface area contributed by atoms with Gasteiger partial charge in [0.05, 0.1) is 17.7 Å². The number of carbonyl (C=O) groups is 1. The summed E-state index contributed by atoms with van der Waals surface area (Å²) in [6, 6.07) is 7.17. The van der Waals surface area contributed by atoms with Crippen LogP contribution in [-0.2, 0) is 6.42 Å². The smallest absolute Gasteiger partial charge is 0.319 e. The van der Waals surface area contributed by atoms with Crippen LogP contribution >= 0.6 is 0 Å². The molecule has 0 bridgehead atoms. The van der Waals surface area contributed by atoms with E-state index in [9.17, 15) is 4.79 Å². The van der Waals surface area contributed by atoms with Crippen molar-refractivity contribution >= 4 is 11.7 Å². The maximum atomic E-state index is 11.8. The van der Waals surface area contributed by atoms with E-state index in [0.29, 0.717) is 17.8 Å². The average molecular weight is 296 g/mol. The van der Waals surface area contributed by atoms with Crippen molar-refractivity contribution in [3.63, 3.8) is 0 Å². The normalized spacial score (nSPS) is 15.9. The number of nitrogens with one attached hydrogen (secondary N) is 2. The lowest BCUT2D eigenvalue weighted by atomic mass is 10.0. The Hall–Kier alpha value is -2.88.